The SMILES string of the molecule is COc1ccc(N(CC(=O)NCCOc2ccc(C)cc2)S(=O)(=O)c2ccc(C)cc2)cc1. The number of aryl methyl sites for hydroxylation is 2. The lowest BCUT2D eigenvalue weighted by Gasteiger charge is -2.24. The molecule has 0 saturated carbocycles. The molecule has 0 radical (unpaired) electrons. The van der Waals surface area contributed by atoms with Crippen LogP contribution < -0.4 is 19.1 Å². The maximum atomic E-state index is 13.4. The molecule has 1 N–H and O–H groups in total. The number of amides is 1. The van der Waals surface area contributed by atoms with E-state index in [1.165, 1.54) is 19.2 Å². The number of nitrogens with zero attached hydrogens (tertiary/aromatic N) is 1. The van der Waals surface area contributed by atoms with Crippen LogP contribution in [0.2, 0.25) is 0 Å². The van der Waals surface area contributed by atoms with E-state index in [1.807, 2.05) is 38.1 Å². The minimum absolute atomic E-state index is 0.111. The van der Waals surface area contributed by atoms with Crippen LogP contribution in [0.4, 0.5) is 5.69 Å². The van der Waals surface area contributed by atoms with Crippen LogP contribution in [0.3, 0.4) is 0 Å². The molecule has 0 fully saturated rings. The maximum absolute atomic E-state index is 13.4. The molecule has 0 saturated heterocycles. The van der Waals surface area contributed by atoms with Gasteiger partial charge in [0.25, 0.3) is 10.0 Å². The highest BCUT2D eigenvalue weighted by atomic mass is 32.2. The topological polar surface area (TPSA) is 84.9 Å². The molecule has 174 valence electrons. The van der Waals surface area contributed by atoms with Crippen LogP contribution in [0.5, 0.6) is 11.5 Å². The van der Waals surface area contributed by atoms with Crippen LogP contribution in [-0.4, -0.2) is 41.1 Å². The van der Waals surface area contributed by atoms with Gasteiger partial charge < -0.3 is 14.8 Å². The third-order valence-corrected chi connectivity index (χ3v) is 6.76. The normalized spacial score (nSPS) is 11.0. The third-order valence-electron chi connectivity index (χ3n) is 4.97. The number of carbonyl (C=O) groups is 1. The average molecular weight is 469 g/mol. The van der Waals surface area contributed by atoms with Crippen LogP contribution in [0.15, 0.2) is 77.7 Å². The summed E-state index contributed by atoms with van der Waals surface area (Å²) in [6.07, 6.45) is 0. The summed E-state index contributed by atoms with van der Waals surface area (Å²) >= 11 is 0. The Bertz CT molecular complexity index is 1160. The van der Waals surface area contributed by atoms with Gasteiger partial charge in [0.2, 0.25) is 5.91 Å². The number of carbonyl (C=O) groups excluding carboxylic acids is 1. The molecule has 8 heteroatoms. The Morgan fingerprint density at radius 1 is 0.848 bits per heavy atom. The predicted molar refractivity (Wildman–Crippen MR) is 128 cm³/mol. The van der Waals surface area contributed by atoms with E-state index in [1.54, 1.807) is 36.4 Å². The summed E-state index contributed by atoms with van der Waals surface area (Å²) in [6, 6.07) is 20.6. The van der Waals surface area contributed by atoms with Gasteiger partial charge in [0.15, 0.2) is 0 Å². The molecule has 0 aliphatic carbocycles. The van der Waals surface area contributed by atoms with Crippen LogP contribution in [0.25, 0.3) is 0 Å². The van der Waals surface area contributed by atoms with Crippen molar-refractivity contribution in [1.29, 1.82) is 0 Å². The van der Waals surface area contributed by atoms with Crippen LogP contribution in [-0.2, 0) is 14.8 Å². The van der Waals surface area contributed by atoms with Crippen molar-refractivity contribution in [3.63, 3.8) is 0 Å². The van der Waals surface area contributed by atoms with E-state index >= 15 is 0 Å². The van der Waals surface area contributed by atoms with E-state index in [0.29, 0.717) is 17.2 Å². The number of benzene rings is 3. The van der Waals surface area contributed by atoms with Gasteiger partial charge in [0.1, 0.15) is 24.7 Å². The van der Waals surface area contributed by atoms with Crippen molar-refractivity contribution in [3.8, 4) is 11.5 Å². The fourth-order valence-electron chi connectivity index (χ4n) is 3.08. The Kier molecular flexibility index (Phi) is 7.95. The highest BCUT2D eigenvalue weighted by molar-refractivity contribution is 7.92. The highest BCUT2D eigenvalue weighted by Crippen LogP contribution is 2.26. The molecule has 7 nitrogen and oxygen atoms in total. The van der Waals surface area contributed by atoms with Crippen molar-refractivity contribution in [2.45, 2.75) is 18.7 Å². The zero-order chi connectivity index (χ0) is 23.8. The zero-order valence-corrected chi connectivity index (χ0v) is 19.8. The van der Waals surface area contributed by atoms with Gasteiger partial charge in [-0.1, -0.05) is 35.4 Å². The van der Waals surface area contributed by atoms with Gasteiger partial charge in [-0.25, -0.2) is 8.42 Å². The molecular formula is C25H28N2O5S. The van der Waals surface area contributed by atoms with E-state index in [4.69, 9.17) is 9.47 Å². The van der Waals surface area contributed by atoms with E-state index in [0.717, 1.165) is 15.4 Å². The lowest BCUT2D eigenvalue weighted by molar-refractivity contribution is -0.119. The zero-order valence-electron chi connectivity index (χ0n) is 18.9. The summed E-state index contributed by atoms with van der Waals surface area (Å²) in [6.45, 7) is 4.01. The second kappa shape index (κ2) is 10.9. The first-order valence-electron chi connectivity index (χ1n) is 10.5. The van der Waals surface area contributed by atoms with Crippen LogP contribution >= 0.6 is 0 Å². The van der Waals surface area contributed by atoms with E-state index in [-0.39, 0.29) is 24.6 Å². The number of nitrogens with one attached hydrogen (secondary N) is 1. The molecule has 0 aliphatic heterocycles. The van der Waals surface area contributed by atoms with Crippen molar-refractivity contribution in [2.75, 3.05) is 31.1 Å². The van der Waals surface area contributed by atoms with Crippen LogP contribution in [0, 0.1) is 13.8 Å². The standard InChI is InChI=1S/C25H28N2O5S/c1-19-4-10-23(11-5-19)32-17-16-26-25(28)18-27(21-8-12-22(31-3)13-9-21)33(29,30)24-14-6-20(2)7-15-24/h4-15H,16-18H2,1-3H3,(H,26,28). The van der Waals surface area contributed by atoms with Gasteiger partial charge in [0.05, 0.1) is 24.2 Å². The lowest BCUT2D eigenvalue weighted by Crippen LogP contribution is -2.41. The Morgan fingerprint density at radius 3 is 1.97 bits per heavy atom. The second-order valence-electron chi connectivity index (χ2n) is 7.53. The molecule has 0 aliphatic rings. The number of sulfonamides is 1. The fraction of sp³-hybridized carbons (Fsp3) is 0.240. The first kappa shape index (κ1) is 24.1. The van der Waals surface area contributed by atoms with Gasteiger partial charge >= 0.3 is 0 Å². The van der Waals surface area contributed by atoms with Crippen molar-refractivity contribution in [2.24, 2.45) is 0 Å². The van der Waals surface area contributed by atoms with Gasteiger partial charge in [-0.3, -0.25) is 9.10 Å². The molecule has 33 heavy (non-hydrogen) atoms. The summed E-state index contributed by atoms with van der Waals surface area (Å²) in [7, 11) is -2.43. The van der Waals surface area contributed by atoms with Gasteiger partial charge in [0, 0.05) is 0 Å². The first-order chi connectivity index (χ1) is 15.8. The first-order valence-corrected chi connectivity index (χ1v) is 11.9. The van der Waals surface area contributed by atoms with Crippen molar-refractivity contribution in [3.05, 3.63) is 83.9 Å². The average Bonchev–Trinajstić information content (AvgIpc) is 2.82. The maximum Gasteiger partial charge on any atom is 0.264 e. The molecule has 1 amide bonds. The van der Waals surface area contributed by atoms with Crippen molar-refractivity contribution >= 4 is 21.6 Å². The Labute approximate surface area is 195 Å². The molecule has 3 aromatic carbocycles. The molecule has 0 spiro atoms. The number of methoxy groups -OCH3 is 1. The van der Waals surface area contributed by atoms with Crippen molar-refractivity contribution in [1.82, 2.24) is 5.32 Å². The minimum Gasteiger partial charge on any atom is -0.497 e. The predicted octanol–water partition coefficient (Wildman–Crippen LogP) is 3.70. The fourth-order valence-corrected chi connectivity index (χ4v) is 4.50. The number of rotatable bonds is 10. The molecule has 0 unspecified atom stereocenters. The number of hydrogen-bond donors (Lipinski definition) is 1. The van der Waals surface area contributed by atoms with E-state index in [2.05, 4.69) is 5.32 Å². The van der Waals surface area contributed by atoms with E-state index in [9.17, 15) is 13.2 Å². The van der Waals surface area contributed by atoms with Gasteiger partial charge in [-0.05, 0) is 62.4 Å². The molecule has 3 aromatic rings. The lowest BCUT2D eigenvalue weighted by atomic mass is 10.2. The van der Waals surface area contributed by atoms with Crippen LogP contribution in [0.1, 0.15) is 11.1 Å². The summed E-state index contributed by atoms with van der Waals surface area (Å²) in [5.41, 5.74) is 2.43. The Balaban J connectivity index is 1.71. The highest BCUT2D eigenvalue weighted by Gasteiger charge is 2.27. The van der Waals surface area contributed by atoms with Gasteiger partial charge in [-0.2, -0.15) is 0 Å². The smallest absolute Gasteiger partial charge is 0.264 e. The number of ether oxygens (including phenoxy) is 2. The molecule has 0 bridgehead atoms. The largest absolute Gasteiger partial charge is 0.497 e. The summed E-state index contributed by atoms with van der Waals surface area (Å²) < 4.78 is 38.6. The second-order valence-corrected chi connectivity index (χ2v) is 9.40. The quantitative estimate of drug-likeness (QED) is 0.459. The summed E-state index contributed by atoms with van der Waals surface area (Å²) in [5, 5.41) is 2.73. The monoisotopic (exact) mass is 468 g/mol. The Morgan fingerprint density at radius 2 is 1.39 bits per heavy atom. The van der Waals surface area contributed by atoms with Crippen molar-refractivity contribution < 1.29 is 22.7 Å². The summed E-state index contributed by atoms with van der Waals surface area (Å²) in [4.78, 5) is 12.8. The minimum atomic E-state index is -3.96. The molecule has 3 rings (SSSR count). The molecule has 0 heterocycles. The Hall–Kier alpha value is -3.52. The number of hydrogen-bond acceptors (Lipinski definition) is 5. The van der Waals surface area contributed by atoms with Gasteiger partial charge in [-0.15, -0.1) is 0 Å². The molecule has 0 atom stereocenters. The third kappa shape index (κ3) is 6.49. The molecular weight excluding hydrogens is 440 g/mol. The summed E-state index contributed by atoms with van der Waals surface area (Å²) in [5.74, 6) is 0.856. The molecule has 0 aromatic heterocycles. The van der Waals surface area contributed by atoms with E-state index < -0.39 is 15.9 Å². The number of anilines is 1.